The minimum atomic E-state index is 0.104. The van der Waals surface area contributed by atoms with Gasteiger partial charge in [-0.1, -0.05) is 37.3 Å². The quantitative estimate of drug-likeness (QED) is 0.848. The maximum absolute atomic E-state index is 12.2. The molecule has 0 spiro atoms. The normalized spacial score (nSPS) is 25.1. The first-order chi connectivity index (χ1) is 9.63. The summed E-state index contributed by atoms with van der Waals surface area (Å²) in [6, 6.07) is 0. The number of anilines is 1. The van der Waals surface area contributed by atoms with Crippen molar-refractivity contribution in [3.8, 4) is 0 Å². The van der Waals surface area contributed by atoms with Gasteiger partial charge in [-0.25, -0.2) is 9.97 Å². The number of hydrogen-bond acceptors (Lipinski definition) is 4. The molecule has 0 saturated carbocycles. The predicted molar refractivity (Wildman–Crippen MR) is 78.1 cm³/mol. The Labute approximate surface area is 118 Å². The van der Waals surface area contributed by atoms with Crippen molar-refractivity contribution in [3.05, 3.63) is 53.4 Å². The maximum Gasteiger partial charge on any atom is 0.220 e. The first-order valence-electron chi connectivity index (χ1n) is 6.84. The number of carbonyl (C=O) groups excluding carboxylic acids is 1. The molecular weight excluding hydrogens is 250 g/mol. The van der Waals surface area contributed by atoms with Gasteiger partial charge in [-0.15, -0.1) is 0 Å². The highest BCUT2D eigenvalue weighted by Gasteiger charge is 2.28. The van der Waals surface area contributed by atoms with Crippen LogP contribution in [0.2, 0.25) is 0 Å². The standard InChI is InChI=1S/C16H17N3O/c1-10-3-2-4-11(6-5-10)12-7-14-13(15(20)8-12)9-18-16(17)19-14/h2-6,9-10,12H,7-8H2,1H3,(H2,17,18,19). The summed E-state index contributed by atoms with van der Waals surface area (Å²) in [5.74, 6) is 0.937. The summed E-state index contributed by atoms with van der Waals surface area (Å²) >= 11 is 0. The van der Waals surface area contributed by atoms with Crippen LogP contribution in [0.1, 0.15) is 29.4 Å². The lowest BCUT2D eigenvalue weighted by atomic mass is 9.81. The van der Waals surface area contributed by atoms with E-state index in [9.17, 15) is 4.79 Å². The van der Waals surface area contributed by atoms with Crippen LogP contribution in [-0.4, -0.2) is 15.8 Å². The highest BCUT2D eigenvalue weighted by molar-refractivity contribution is 5.98. The first kappa shape index (κ1) is 12.8. The van der Waals surface area contributed by atoms with Crippen molar-refractivity contribution in [2.24, 2.45) is 11.8 Å². The van der Waals surface area contributed by atoms with Gasteiger partial charge in [-0.3, -0.25) is 4.79 Å². The van der Waals surface area contributed by atoms with E-state index in [1.807, 2.05) is 0 Å². The van der Waals surface area contributed by atoms with Crippen molar-refractivity contribution in [2.45, 2.75) is 19.8 Å². The van der Waals surface area contributed by atoms with Gasteiger partial charge in [0.05, 0.1) is 11.3 Å². The fraction of sp³-hybridized carbons (Fsp3) is 0.312. The van der Waals surface area contributed by atoms with Crippen LogP contribution < -0.4 is 5.73 Å². The van der Waals surface area contributed by atoms with Crippen LogP contribution in [0.5, 0.6) is 0 Å². The number of carbonyl (C=O) groups is 1. The van der Waals surface area contributed by atoms with Crippen LogP contribution in [-0.2, 0) is 6.42 Å². The van der Waals surface area contributed by atoms with Crippen LogP contribution in [0.15, 0.2) is 42.2 Å². The predicted octanol–water partition coefficient (Wildman–Crippen LogP) is 2.49. The Balaban J connectivity index is 1.92. The highest BCUT2D eigenvalue weighted by atomic mass is 16.1. The number of nitrogens with two attached hydrogens (primary N) is 1. The summed E-state index contributed by atoms with van der Waals surface area (Å²) in [5, 5.41) is 0. The summed E-state index contributed by atoms with van der Waals surface area (Å²) < 4.78 is 0. The number of Topliss-reactive ketones (excluding diaryl/α,β-unsaturated/α-hetero) is 1. The summed E-state index contributed by atoms with van der Waals surface area (Å²) in [6.07, 6.45) is 13.4. The zero-order chi connectivity index (χ0) is 14.1. The van der Waals surface area contributed by atoms with E-state index < -0.39 is 0 Å². The smallest absolute Gasteiger partial charge is 0.220 e. The molecule has 0 radical (unpaired) electrons. The van der Waals surface area contributed by atoms with Crippen LogP contribution in [0.3, 0.4) is 0 Å². The first-order valence-corrected chi connectivity index (χ1v) is 6.84. The zero-order valence-corrected chi connectivity index (χ0v) is 11.4. The molecule has 4 heteroatoms. The third kappa shape index (κ3) is 2.41. The molecule has 102 valence electrons. The minimum Gasteiger partial charge on any atom is -0.368 e. The Morgan fingerprint density at radius 2 is 2.15 bits per heavy atom. The third-order valence-electron chi connectivity index (χ3n) is 3.83. The number of nitrogen functional groups attached to an aromatic ring is 1. The molecule has 20 heavy (non-hydrogen) atoms. The topological polar surface area (TPSA) is 68.9 Å². The summed E-state index contributed by atoms with van der Waals surface area (Å²) in [4.78, 5) is 20.3. The average molecular weight is 267 g/mol. The Morgan fingerprint density at radius 1 is 1.30 bits per heavy atom. The summed E-state index contributed by atoms with van der Waals surface area (Å²) in [5.41, 5.74) is 8.20. The van der Waals surface area contributed by atoms with Gasteiger partial charge in [-0.05, 0) is 23.8 Å². The molecule has 2 N–H and O–H groups in total. The van der Waals surface area contributed by atoms with E-state index in [2.05, 4.69) is 47.3 Å². The second-order valence-corrected chi connectivity index (χ2v) is 5.39. The number of hydrogen-bond donors (Lipinski definition) is 1. The number of aromatic nitrogens is 2. The van der Waals surface area contributed by atoms with Gasteiger partial charge in [0.25, 0.3) is 0 Å². The summed E-state index contributed by atoms with van der Waals surface area (Å²) in [6.45, 7) is 2.14. The average Bonchev–Trinajstić information content (AvgIpc) is 2.63. The van der Waals surface area contributed by atoms with E-state index >= 15 is 0 Å². The fourth-order valence-corrected chi connectivity index (χ4v) is 2.69. The van der Waals surface area contributed by atoms with Crippen LogP contribution in [0.4, 0.5) is 5.95 Å². The van der Waals surface area contributed by atoms with Crippen LogP contribution in [0.25, 0.3) is 0 Å². The molecule has 0 bridgehead atoms. The van der Waals surface area contributed by atoms with E-state index in [-0.39, 0.29) is 17.6 Å². The SMILES string of the molecule is CC1C=CC=C(C2CC(=O)c3cnc(N)nc3C2)C=C1. The molecule has 0 saturated heterocycles. The van der Waals surface area contributed by atoms with Crippen molar-refractivity contribution in [3.63, 3.8) is 0 Å². The molecule has 1 aromatic heterocycles. The maximum atomic E-state index is 12.2. The monoisotopic (exact) mass is 267 g/mol. The van der Waals surface area contributed by atoms with Crippen molar-refractivity contribution in [1.82, 2.24) is 9.97 Å². The van der Waals surface area contributed by atoms with E-state index in [4.69, 9.17) is 5.73 Å². The number of allylic oxidation sites excluding steroid dienone is 6. The largest absolute Gasteiger partial charge is 0.368 e. The molecule has 2 aliphatic carbocycles. The van der Waals surface area contributed by atoms with E-state index in [0.29, 0.717) is 17.9 Å². The van der Waals surface area contributed by atoms with Gasteiger partial charge in [-0.2, -0.15) is 0 Å². The third-order valence-corrected chi connectivity index (χ3v) is 3.83. The van der Waals surface area contributed by atoms with Crippen molar-refractivity contribution >= 4 is 11.7 Å². The van der Waals surface area contributed by atoms with Gasteiger partial charge in [0.2, 0.25) is 5.95 Å². The molecule has 0 aromatic carbocycles. The van der Waals surface area contributed by atoms with Gasteiger partial charge in [0.1, 0.15) is 0 Å². The number of nitrogens with zero attached hydrogens (tertiary/aromatic N) is 2. The molecule has 2 aliphatic rings. The minimum absolute atomic E-state index is 0.104. The second-order valence-electron chi connectivity index (χ2n) is 5.39. The van der Waals surface area contributed by atoms with Gasteiger partial charge >= 0.3 is 0 Å². The Morgan fingerprint density at radius 3 is 3.00 bits per heavy atom. The van der Waals surface area contributed by atoms with E-state index in [1.54, 1.807) is 6.20 Å². The summed E-state index contributed by atoms with van der Waals surface area (Å²) in [7, 11) is 0. The van der Waals surface area contributed by atoms with E-state index in [1.165, 1.54) is 5.57 Å². The van der Waals surface area contributed by atoms with Crippen molar-refractivity contribution in [1.29, 1.82) is 0 Å². The van der Waals surface area contributed by atoms with Gasteiger partial charge < -0.3 is 5.73 Å². The Bertz CT molecular complexity index is 643. The molecule has 3 rings (SSSR count). The molecule has 4 nitrogen and oxygen atoms in total. The molecule has 0 fully saturated rings. The fourth-order valence-electron chi connectivity index (χ4n) is 2.69. The van der Waals surface area contributed by atoms with Gasteiger partial charge in [0, 0.05) is 12.6 Å². The lowest BCUT2D eigenvalue weighted by molar-refractivity contribution is 0.0955. The molecule has 1 aromatic rings. The van der Waals surface area contributed by atoms with Gasteiger partial charge in [0.15, 0.2) is 5.78 Å². The molecule has 2 unspecified atom stereocenters. The zero-order valence-electron chi connectivity index (χ0n) is 11.4. The molecule has 1 heterocycles. The molecular formula is C16H17N3O. The van der Waals surface area contributed by atoms with Crippen molar-refractivity contribution < 1.29 is 4.79 Å². The molecule has 0 aliphatic heterocycles. The highest BCUT2D eigenvalue weighted by Crippen LogP contribution is 2.30. The van der Waals surface area contributed by atoms with Crippen LogP contribution >= 0.6 is 0 Å². The van der Waals surface area contributed by atoms with Crippen LogP contribution in [0, 0.1) is 11.8 Å². The molecule has 2 atom stereocenters. The number of fused-ring (bicyclic) bond motifs is 1. The lowest BCUT2D eigenvalue weighted by Gasteiger charge is -2.23. The second kappa shape index (κ2) is 5.04. The van der Waals surface area contributed by atoms with Crippen molar-refractivity contribution in [2.75, 3.05) is 5.73 Å². The number of ketones is 1. The Hall–Kier alpha value is -2.23. The van der Waals surface area contributed by atoms with E-state index in [0.717, 1.165) is 12.1 Å². The molecule has 0 amide bonds. The Kier molecular flexibility index (Phi) is 3.22. The lowest BCUT2D eigenvalue weighted by Crippen LogP contribution is -2.23. The number of rotatable bonds is 1.